The number of Topliss-reactive ketones (excluding diaryl/α,β-unsaturated/α-hetero) is 1. The van der Waals surface area contributed by atoms with Gasteiger partial charge in [-0.2, -0.15) is 5.26 Å². The van der Waals surface area contributed by atoms with Crippen LogP contribution in [-0.4, -0.2) is 20.9 Å². The molecule has 0 radical (unpaired) electrons. The second-order valence-electron chi connectivity index (χ2n) is 6.78. The lowest BCUT2D eigenvalue weighted by atomic mass is 9.54. The fourth-order valence-corrected chi connectivity index (χ4v) is 4.43. The molecule has 0 unspecified atom stereocenters. The first kappa shape index (κ1) is 15.5. The molecular weight excluding hydrogens is 314 g/mol. The zero-order valence-electron chi connectivity index (χ0n) is 13.8. The number of carbonyl (C=O) groups is 1. The average molecular weight is 331 g/mol. The second kappa shape index (κ2) is 5.52. The number of nitrogens with zero attached hydrogens (tertiary/aromatic N) is 3. The van der Waals surface area contributed by atoms with E-state index < -0.39 is 5.41 Å². The highest BCUT2D eigenvalue weighted by Crippen LogP contribution is 2.52. The average Bonchev–Trinajstić information content (AvgIpc) is 2.65. The number of carbonyl (C=O) groups excluding carboxylic acids is 1. The van der Waals surface area contributed by atoms with Crippen LogP contribution >= 0.6 is 0 Å². The minimum Gasteiger partial charge on any atom is -0.508 e. The Kier molecular flexibility index (Phi) is 3.43. The van der Waals surface area contributed by atoms with Gasteiger partial charge in [-0.1, -0.05) is 19.1 Å². The first-order valence-corrected chi connectivity index (χ1v) is 8.34. The van der Waals surface area contributed by atoms with Gasteiger partial charge in [0.05, 0.1) is 16.7 Å². The van der Waals surface area contributed by atoms with Crippen molar-refractivity contribution in [3.63, 3.8) is 0 Å². The van der Waals surface area contributed by atoms with Crippen molar-refractivity contribution in [1.82, 2.24) is 9.97 Å². The van der Waals surface area contributed by atoms with Crippen LogP contribution in [0.15, 0.2) is 48.4 Å². The molecule has 0 aliphatic heterocycles. The van der Waals surface area contributed by atoms with Crippen molar-refractivity contribution < 1.29 is 9.90 Å². The van der Waals surface area contributed by atoms with Crippen molar-refractivity contribution in [1.29, 1.82) is 5.26 Å². The quantitative estimate of drug-likeness (QED) is 0.868. The fourth-order valence-electron chi connectivity index (χ4n) is 4.43. The number of aromatic nitrogens is 2. The third kappa shape index (κ3) is 2.11. The van der Waals surface area contributed by atoms with E-state index in [4.69, 9.17) is 0 Å². The van der Waals surface area contributed by atoms with Crippen LogP contribution in [0.3, 0.4) is 0 Å². The Balaban J connectivity index is 2.08. The summed E-state index contributed by atoms with van der Waals surface area (Å²) in [5, 5.41) is 19.2. The standard InChI is InChI=1S/C20H17N3O2/c1-12-17-7-2-13-10-22-11-23-19(13)20(17,8-14(9-21)18(12)25)15-3-5-16(24)6-4-15/h3-6,8,10-12,17,24H,2,7H2,1H3/t12-,17-,20+/m0/s1. The number of rotatable bonds is 1. The van der Waals surface area contributed by atoms with Crippen LogP contribution in [-0.2, 0) is 16.6 Å². The first-order chi connectivity index (χ1) is 12.1. The molecule has 1 aromatic carbocycles. The molecule has 0 saturated heterocycles. The molecule has 124 valence electrons. The van der Waals surface area contributed by atoms with Gasteiger partial charge in [-0.15, -0.1) is 0 Å². The van der Waals surface area contributed by atoms with E-state index in [1.165, 1.54) is 6.33 Å². The lowest BCUT2D eigenvalue weighted by Gasteiger charge is -2.47. The number of fused-ring (bicyclic) bond motifs is 3. The number of allylic oxidation sites excluding steroid dienone is 2. The van der Waals surface area contributed by atoms with Crippen molar-refractivity contribution in [2.75, 3.05) is 0 Å². The number of aromatic hydroxyl groups is 1. The number of hydrogen-bond acceptors (Lipinski definition) is 5. The molecule has 1 N–H and O–H groups in total. The molecule has 5 nitrogen and oxygen atoms in total. The second-order valence-corrected chi connectivity index (χ2v) is 6.78. The lowest BCUT2D eigenvalue weighted by molar-refractivity contribution is -0.121. The maximum Gasteiger partial charge on any atom is 0.176 e. The Hall–Kier alpha value is -3.00. The molecular formula is C20H17N3O2. The molecule has 1 aromatic heterocycles. The van der Waals surface area contributed by atoms with Crippen LogP contribution < -0.4 is 0 Å². The molecule has 25 heavy (non-hydrogen) atoms. The molecule has 4 rings (SSSR count). The summed E-state index contributed by atoms with van der Waals surface area (Å²) in [5.74, 6) is -0.167. The predicted octanol–water partition coefficient (Wildman–Crippen LogP) is 2.70. The molecule has 0 saturated carbocycles. The molecule has 2 aliphatic carbocycles. The van der Waals surface area contributed by atoms with Crippen LogP contribution in [0.5, 0.6) is 5.75 Å². The van der Waals surface area contributed by atoms with E-state index in [0.29, 0.717) is 0 Å². The van der Waals surface area contributed by atoms with E-state index in [0.717, 1.165) is 29.7 Å². The number of phenolic OH excluding ortho intramolecular Hbond substituents is 1. The van der Waals surface area contributed by atoms with Gasteiger partial charge in [0, 0.05) is 12.1 Å². The lowest BCUT2D eigenvalue weighted by Crippen LogP contribution is -2.48. The number of nitriles is 1. The van der Waals surface area contributed by atoms with Crippen LogP contribution in [0.2, 0.25) is 0 Å². The van der Waals surface area contributed by atoms with E-state index in [-0.39, 0.29) is 28.9 Å². The third-order valence-electron chi connectivity index (χ3n) is 5.61. The molecule has 0 bridgehead atoms. The summed E-state index contributed by atoms with van der Waals surface area (Å²) < 4.78 is 0. The van der Waals surface area contributed by atoms with Crippen molar-refractivity contribution in [2.24, 2.45) is 11.8 Å². The third-order valence-corrected chi connectivity index (χ3v) is 5.61. The van der Waals surface area contributed by atoms with Crippen molar-refractivity contribution in [2.45, 2.75) is 25.2 Å². The molecule has 3 atom stereocenters. The molecule has 0 fully saturated rings. The summed E-state index contributed by atoms with van der Waals surface area (Å²) in [6.07, 6.45) is 6.76. The zero-order valence-corrected chi connectivity index (χ0v) is 13.8. The van der Waals surface area contributed by atoms with E-state index in [9.17, 15) is 15.2 Å². The Morgan fingerprint density at radius 3 is 2.80 bits per heavy atom. The number of phenols is 1. The normalized spacial score (nSPS) is 27.7. The molecule has 1 heterocycles. The molecule has 5 heteroatoms. The molecule has 0 amide bonds. The Labute approximate surface area is 145 Å². The monoisotopic (exact) mass is 331 g/mol. The largest absolute Gasteiger partial charge is 0.508 e. The highest BCUT2D eigenvalue weighted by Gasteiger charge is 2.52. The Bertz CT molecular complexity index is 927. The summed E-state index contributed by atoms with van der Waals surface area (Å²) in [7, 11) is 0. The van der Waals surface area contributed by atoms with Gasteiger partial charge in [0.1, 0.15) is 18.1 Å². The summed E-state index contributed by atoms with van der Waals surface area (Å²) in [5.41, 5.74) is 2.37. The number of hydrogen-bond donors (Lipinski definition) is 1. The first-order valence-electron chi connectivity index (χ1n) is 8.34. The smallest absolute Gasteiger partial charge is 0.176 e. The molecule has 0 spiro atoms. The van der Waals surface area contributed by atoms with Crippen LogP contribution in [0, 0.1) is 23.2 Å². The van der Waals surface area contributed by atoms with Gasteiger partial charge in [0.15, 0.2) is 5.78 Å². The summed E-state index contributed by atoms with van der Waals surface area (Å²) in [6.45, 7) is 1.90. The fraction of sp³-hybridized carbons (Fsp3) is 0.300. The van der Waals surface area contributed by atoms with Gasteiger partial charge in [0.25, 0.3) is 0 Å². The minimum absolute atomic E-state index is 0.0176. The van der Waals surface area contributed by atoms with Crippen molar-refractivity contribution in [3.8, 4) is 11.8 Å². The summed E-state index contributed by atoms with van der Waals surface area (Å²) in [4.78, 5) is 21.3. The highest BCUT2D eigenvalue weighted by molar-refractivity contribution is 6.02. The van der Waals surface area contributed by atoms with Gasteiger partial charge >= 0.3 is 0 Å². The van der Waals surface area contributed by atoms with E-state index in [1.54, 1.807) is 18.2 Å². The van der Waals surface area contributed by atoms with Crippen LogP contribution in [0.1, 0.15) is 30.2 Å². The molecule has 2 aromatic rings. The van der Waals surface area contributed by atoms with Gasteiger partial charge in [-0.3, -0.25) is 4.79 Å². The SMILES string of the molecule is C[C@@H]1C(=O)C(C#N)=C[C@]2(c3ccc(O)cc3)c3ncncc3CC[C@@H]12. The van der Waals surface area contributed by atoms with Crippen molar-refractivity contribution in [3.05, 3.63) is 65.3 Å². The van der Waals surface area contributed by atoms with E-state index in [2.05, 4.69) is 16.0 Å². The highest BCUT2D eigenvalue weighted by atomic mass is 16.3. The van der Waals surface area contributed by atoms with Gasteiger partial charge < -0.3 is 5.11 Å². The maximum atomic E-state index is 12.6. The summed E-state index contributed by atoms with van der Waals surface area (Å²) >= 11 is 0. The van der Waals surface area contributed by atoms with E-state index in [1.807, 2.05) is 25.3 Å². The van der Waals surface area contributed by atoms with Gasteiger partial charge in [-0.25, -0.2) is 9.97 Å². The van der Waals surface area contributed by atoms with E-state index >= 15 is 0 Å². The topological polar surface area (TPSA) is 86.9 Å². The zero-order chi connectivity index (χ0) is 17.6. The van der Waals surface area contributed by atoms with Crippen molar-refractivity contribution >= 4 is 5.78 Å². The van der Waals surface area contributed by atoms with Crippen LogP contribution in [0.4, 0.5) is 0 Å². The van der Waals surface area contributed by atoms with Crippen LogP contribution in [0.25, 0.3) is 0 Å². The predicted molar refractivity (Wildman–Crippen MR) is 90.6 cm³/mol. The van der Waals surface area contributed by atoms with Gasteiger partial charge in [-0.05, 0) is 48.1 Å². The Morgan fingerprint density at radius 1 is 1.32 bits per heavy atom. The summed E-state index contributed by atoms with van der Waals surface area (Å²) in [6, 6.07) is 9.06. The number of aryl methyl sites for hydroxylation is 1. The number of ketones is 1. The Morgan fingerprint density at radius 2 is 2.08 bits per heavy atom. The van der Waals surface area contributed by atoms with Gasteiger partial charge in [0.2, 0.25) is 0 Å². The molecule has 2 aliphatic rings. The maximum absolute atomic E-state index is 12.6. The number of benzene rings is 1. The minimum atomic E-state index is -0.650.